The number of aromatic amines is 1. The zero-order chi connectivity index (χ0) is 13.7. The van der Waals surface area contributed by atoms with Gasteiger partial charge in [0, 0.05) is 31.9 Å². The number of rotatable bonds is 4. The van der Waals surface area contributed by atoms with E-state index in [-0.39, 0.29) is 23.1 Å². The van der Waals surface area contributed by atoms with Crippen molar-refractivity contribution >= 4 is 5.91 Å². The Bertz CT molecular complexity index is 480. The predicted molar refractivity (Wildman–Crippen MR) is 71.2 cm³/mol. The molecule has 0 aliphatic carbocycles. The third-order valence-corrected chi connectivity index (χ3v) is 3.29. The molecule has 2 heterocycles. The van der Waals surface area contributed by atoms with Crippen LogP contribution in [0.1, 0.15) is 17.3 Å². The molecule has 1 amide bonds. The fourth-order valence-electron chi connectivity index (χ4n) is 2.08. The Morgan fingerprint density at radius 2 is 2.26 bits per heavy atom. The molecular weight excluding hydrogens is 246 g/mol. The van der Waals surface area contributed by atoms with Crippen molar-refractivity contribution in [1.29, 1.82) is 0 Å². The van der Waals surface area contributed by atoms with Crippen LogP contribution in [-0.2, 0) is 4.74 Å². The topological polar surface area (TPSA) is 74.4 Å². The molecule has 0 aromatic carbocycles. The van der Waals surface area contributed by atoms with Crippen molar-refractivity contribution < 1.29 is 9.53 Å². The summed E-state index contributed by atoms with van der Waals surface area (Å²) in [7, 11) is 0. The fraction of sp³-hybridized carbons (Fsp3) is 0.538. The number of nitrogens with one attached hydrogen (secondary N) is 2. The highest BCUT2D eigenvalue weighted by atomic mass is 16.5. The molecule has 1 aliphatic rings. The van der Waals surface area contributed by atoms with E-state index in [4.69, 9.17) is 4.74 Å². The highest BCUT2D eigenvalue weighted by Crippen LogP contribution is 2.02. The van der Waals surface area contributed by atoms with Crippen molar-refractivity contribution in [3.05, 3.63) is 34.2 Å². The van der Waals surface area contributed by atoms with Gasteiger partial charge in [0.05, 0.1) is 13.2 Å². The molecule has 2 rings (SSSR count). The van der Waals surface area contributed by atoms with E-state index < -0.39 is 0 Å². The van der Waals surface area contributed by atoms with Crippen LogP contribution in [0.2, 0.25) is 0 Å². The molecule has 0 saturated carbocycles. The number of H-pyrrole nitrogens is 1. The SMILES string of the molecule is C[C@H](CNC(=O)c1ccc[nH]c1=O)N1CCOCC1. The number of ether oxygens (including phenoxy) is 1. The third-order valence-electron chi connectivity index (χ3n) is 3.29. The van der Waals surface area contributed by atoms with E-state index in [0.717, 1.165) is 26.3 Å². The molecule has 0 radical (unpaired) electrons. The van der Waals surface area contributed by atoms with Gasteiger partial charge in [-0.3, -0.25) is 14.5 Å². The fourth-order valence-corrected chi connectivity index (χ4v) is 2.08. The number of pyridine rings is 1. The lowest BCUT2D eigenvalue weighted by molar-refractivity contribution is 0.0204. The molecule has 6 nitrogen and oxygen atoms in total. The monoisotopic (exact) mass is 265 g/mol. The van der Waals surface area contributed by atoms with Crippen molar-refractivity contribution in [2.45, 2.75) is 13.0 Å². The summed E-state index contributed by atoms with van der Waals surface area (Å²) in [6.45, 7) is 5.80. The van der Waals surface area contributed by atoms with E-state index in [2.05, 4.69) is 22.1 Å². The van der Waals surface area contributed by atoms with Crippen molar-refractivity contribution in [1.82, 2.24) is 15.2 Å². The molecule has 104 valence electrons. The number of carbonyl (C=O) groups excluding carboxylic acids is 1. The standard InChI is InChI=1S/C13H19N3O3/c1-10(16-5-7-19-8-6-16)9-15-13(18)11-3-2-4-14-12(11)17/h2-4,10H,5-9H2,1H3,(H,14,17)(H,15,18)/t10-/m1/s1. The number of morpholine rings is 1. The Labute approximate surface area is 111 Å². The van der Waals surface area contributed by atoms with Crippen LogP contribution in [0, 0.1) is 0 Å². The molecule has 1 aliphatic heterocycles. The maximum Gasteiger partial charge on any atom is 0.260 e. The van der Waals surface area contributed by atoms with Gasteiger partial charge in [0.25, 0.3) is 11.5 Å². The first-order valence-electron chi connectivity index (χ1n) is 6.46. The Balaban J connectivity index is 1.86. The van der Waals surface area contributed by atoms with Crippen molar-refractivity contribution in [2.24, 2.45) is 0 Å². The Kier molecular flexibility index (Phi) is 4.70. The van der Waals surface area contributed by atoms with E-state index in [1.54, 1.807) is 6.07 Å². The maximum atomic E-state index is 11.9. The first-order chi connectivity index (χ1) is 9.18. The van der Waals surface area contributed by atoms with Gasteiger partial charge in [-0.25, -0.2) is 0 Å². The van der Waals surface area contributed by atoms with Gasteiger partial charge in [-0.15, -0.1) is 0 Å². The molecule has 1 saturated heterocycles. The summed E-state index contributed by atoms with van der Waals surface area (Å²) < 4.78 is 5.29. The lowest BCUT2D eigenvalue weighted by Gasteiger charge is -2.32. The molecule has 6 heteroatoms. The van der Waals surface area contributed by atoms with Gasteiger partial charge >= 0.3 is 0 Å². The first-order valence-corrected chi connectivity index (χ1v) is 6.46. The molecule has 0 unspecified atom stereocenters. The van der Waals surface area contributed by atoms with E-state index in [1.807, 2.05) is 0 Å². The summed E-state index contributed by atoms with van der Waals surface area (Å²) in [5, 5.41) is 2.80. The first kappa shape index (κ1) is 13.8. The van der Waals surface area contributed by atoms with Crippen LogP contribution < -0.4 is 10.9 Å². The van der Waals surface area contributed by atoms with Gasteiger partial charge < -0.3 is 15.0 Å². The Morgan fingerprint density at radius 3 is 2.95 bits per heavy atom. The third kappa shape index (κ3) is 3.65. The van der Waals surface area contributed by atoms with E-state index >= 15 is 0 Å². The molecule has 0 bridgehead atoms. The zero-order valence-electron chi connectivity index (χ0n) is 11.0. The molecule has 2 N–H and O–H groups in total. The highest BCUT2D eigenvalue weighted by Gasteiger charge is 2.18. The zero-order valence-corrected chi connectivity index (χ0v) is 11.0. The summed E-state index contributed by atoms with van der Waals surface area (Å²) >= 11 is 0. The minimum atomic E-state index is -0.362. The Morgan fingerprint density at radius 1 is 1.53 bits per heavy atom. The van der Waals surface area contributed by atoms with Crippen LogP contribution in [0.25, 0.3) is 0 Å². The van der Waals surface area contributed by atoms with Crippen LogP contribution in [-0.4, -0.2) is 54.7 Å². The summed E-state index contributed by atoms with van der Waals surface area (Å²) in [6.07, 6.45) is 1.51. The second-order valence-electron chi connectivity index (χ2n) is 4.62. The smallest absolute Gasteiger partial charge is 0.260 e. The minimum Gasteiger partial charge on any atom is -0.379 e. The van der Waals surface area contributed by atoms with Gasteiger partial charge in [-0.1, -0.05) is 0 Å². The van der Waals surface area contributed by atoms with Gasteiger partial charge in [-0.05, 0) is 19.1 Å². The number of nitrogens with zero attached hydrogens (tertiary/aromatic N) is 1. The maximum absolute atomic E-state index is 11.9. The lowest BCUT2D eigenvalue weighted by Crippen LogP contribution is -2.47. The van der Waals surface area contributed by atoms with Crippen LogP contribution >= 0.6 is 0 Å². The lowest BCUT2D eigenvalue weighted by atomic mass is 10.2. The Hall–Kier alpha value is -1.66. The van der Waals surface area contributed by atoms with Gasteiger partial charge in [-0.2, -0.15) is 0 Å². The molecule has 19 heavy (non-hydrogen) atoms. The molecule has 1 fully saturated rings. The quantitative estimate of drug-likeness (QED) is 0.792. The molecule has 0 spiro atoms. The van der Waals surface area contributed by atoms with E-state index in [9.17, 15) is 9.59 Å². The average Bonchev–Trinajstić information content (AvgIpc) is 2.46. The summed E-state index contributed by atoms with van der Waals surface area (Å²) in [5.74, 6) is -0.332. The number of hydrogen-bond acceptors (Lipinski definition) is 4. The summed E-state index contributed by atoms with van der Waals surface area (Å²) in [4.78, 5) is 28.1. The highest BCUT2D eigenvalue weighted by molar-refractivity contribution is 5.93. The van der Waals surface area contributed by atoms with Crippen molar-refractivity contribution in [3.63, 3.8) is 0 Å². The van der Waals surface area contributed by atoms with Gasteiger partial charge in [0.1, 0.15) is 5.56 Å². The number of amides is 1. The second kappa shape index (κ2) is 6.49. The minimum absolute atomic E-state index is 0.150. The summed E-state index contributed by atoms with van der Waals surface area (Å²) in [5.41, 5.74) is -0.212. The van der Waals surface area contributed by atoms with Gasteiger partial charge in [0.2, 0.25) is 0 Å². The predicted octanol–water partition coefficient (Wildman–Crippen LogP) is -0.175. The normalized spacial score (nSPS) is 17.9. The van der Waals surface area contributed by atoms with Crippen molar-refractivity contribution in [2.75, 3.05) is 32.8 Å². The molecule has 1 aromatic heterocycles. The number of hydrogen-bond donors (Lipinski definition) is 2. The van der Waals surface area contributed by atoms with E-state index in [1.165, 1.54) is 12.3 Å². The number of aromatic nitrogens is 1. The number of carbonyl (C=O) groups is 1. The van der Waals surface area contributed by atoms with Crippen LogP contribution in [0.5, 0.6) is 0 Å². The van der Waals surface area contributed by atoms with Gasteiger partial charge in [0.15, 0.2) is 0 Å². The molecule has 1 aromatic rings. The van der Waals surface area contributed by atoms with Crippen molar-refractivity contribution in [3.8, 4) is 0 Å². The van der Waals surface area contributed by atoms with E-state index in [0.29, 0.717) is 6.54 Å². The van der Waals surface area contributed by atoms with Crippen LogP contribution in [0.3, 0.4) is 0 Å². The summed E-state index contributed by atoms with van der Waals surface area (Å²) in [6, 6.07) is 3.39. The molecular formula is C13H19N3O3. The largest absolute Gasteiger partial charge is 0.379 e. The second-order valence-corrected chi connectivity index (χ2v) is 4.62. The van der Waals surface area contributed by atoms with Crippen LogP contribution in [0.4, 0.5) is 0 Å². The molecule has 1 atom stereocenters. The van der Waals surface area contributed by atoms with Crippen LogP contribution in [0.15, 0.2) is 23.1 Å². The average molecular weight is 265 g/mol.